The molecule has 6 heteroatoms. The Balaban J connectivity index is 2.55. The minimum absolute atomic E-state index is 0.163. The van der Waals surface area contributed by atoms with Gasteiger partial charge in [0.25, 0.3) is 5.56 Å². The molecule has 0 aliphatic rings. The van der Waals surface area contributed by atoms with E-state index >= 15 is 0 Å². The van der Waals surface area contributed by atoms with Gasteiger partial charge in [0.05, 0.1) is 26.0 Å². The van der Waals surface area contributed by atoms with Crippen LogP contribution in [0.25, 0.3) is 11.3 Å². The predicted octanol–water partition coefficient (Wildman–Crippen LogP) is 1.02. The first kappa shape index (κ1) is 15.2. The largest absolute Gasteiger partial charge is 0.496 e. The van der Waals surface area contributed by atoms with Crippen LogP contribution >= 0.6 is 0 Å². The number of nitrogens with zero attached hydrogens (tertiary/aromatic N) is 2. The minimum atomic E-state index is -0.187. The molecule has 2 aromatic rings. The van der Waals surface area contributed by atoms with Crippen molar-refractivity contribution in [3.05, 3.63) is 46.2 Å². The number of methoxy groups -OCH3 is 2. The molecular formula is C15H19N3O3. The summed E-state index contributed by atoms with van der Waals surface area (Å²) in [6, 6.07) is 9.24. The summed E-state index contributed by atoms with van der Waals surface area (Å²) in [7, 11) is 3.18. The molecule has 0 saturated heterocycles. The van der Waals surface area contributed by atoms with Gasteiger partial charge in [0.2, 0.25) is 0 Å². The zero-order valence-electron chi connectivity index (χ0n) is 12.2. The van der Waals surface area contributed by atoms with Crippen LogP contribution in [0.2, 0.25) is 0 Å². The van der Waals surface area contributed by atoms with E-state index in [0.29, 0.717) is 30.2 Å². The van der Waals surface area contributed by atoms with E-state index in [0.717, 1.165) is 5.56 Å². The first-order valence-electron chi connectivity index (χ1n) is 6.64. The van der Waals surface area contributed by atoms with Crippen molar-refractivity contribution < 1.29 is 9.47 Å². The second-order valence-corrected chi connectivity index (χ2v) is 4.48. The van der Waals surface area contributed by atoms with E-state index in [4.69, 9.17) is 15.2 Å². The van der Waals surface area contributed by atoms with Gasteiger partial charge in [0.1, 0.15) is 5.75 Å². The Morgan fingerprint density at radius 3 is 2.71 bits per heavy atom. The SMILES string of the molecule is COCCn1nc(-c2ccccc2OC)cc(CN)c1=O. The smallest absolute Gasteiger partial charge is 0.271 e. The molecular weight excluding hydrogens is 270 g/mol. The summed E-state index contributed by atoms with van der Waals surface area (Å²) in [6.45, 7) is 0.952. The average Bonchev–Trinajstić information content (AvgIpc) is 2.53. The van der Waals surface area contributed by atoms with Crippen molar-refractivity contribution >= 4 is 0 Å². The molecule has 0 atom stereocenters. The summed E-state index contributed by atoms with van der Waals surface area (Å²) in [5.41, 5.74) is 7.47. The van der Waals surface area contributed by atoms with Gasteiger partial charge in [-0.3, -0.25) is 4.79 Å². The summed E-state index contributed by atoms with van der Waals surface area (Å²) in [6.07, 6.45) is 0. The zero-order chi connectivity index (χ0) is 15.2. The van der Waals surface area contributed by atoms with Crippen LogP contribution in [0.15, 0.2) is 35.1 Å². The van der Waals surface area contributed by atoms with Gasteiger partial charge < -0.3 is 15.2 Å². The van der Waals surface area contributed by atoms with Gasteiger partial charge >= 0.3 is 0 Å². The lowest BCUT2D eigenvalue weighted by Gasteiger charge is -2.12. The number of hydrogen-bond acceptors (Lipinski definition) is 5. The molecule has 21 heavy (non-hydrogen) atoms. The summed E-state index contributed by atoms with van der Waals surface area (Å²) in [5.74, 6) is 0.699. The highest BCUT2D eigenvalue weighted by atomic mass is 16.5. The maximum atomic E-state index is 12.2. The summed E-state index contributed by atoms with van der Waals surface area (Å²) < 4.78 is 11.7. The molecule has 0 aliphatic carbocycles. The molecule has 0 spiro atoms. The molecule has 0 saturated carbocycles. The lowest BCUT2D eigenvalue weighted by molar-refractivity contribution is 0.182. The Morgan fingerprint density at radius 1 is 1.29 bits per heavy atom. The lowest BCUT2D eigenvalue weighted by Crippen LogP contribution is -2.29. The van der Waals surface area contributed by atoms with E-state index in [1.165, 1.54) is 4.68 Å². The molecule has 0 aliphatic heterocycles. The molecule has 0 amide bonds. The maximum Gasteiger partial charge on any atom is 0.271 e. The van der Waals surface area contributed by atoms with Gasteiger partial charge in [0.15, 0.2) is 0 Å². The minimum Gasteiger partial charge on any atom is -0.496 e. The van der Waals surface area contributed by atoms with Crippen molar-refractivity contribution in [2.45, 2.75) is 13.1 Å². The van der Waals surface area contributed by atoms with Crippen molar-refractivity contribution in [3.63, 3.8) is 0 Å². The number of ether oxygens (including phenoxy) is 2. The Hall–Kier alpha value is -2.18. The summed E-state index contributed by atoms with van der Waals surface area (Å²) >= 11 is 0. The van der Waals surface area contributed by atoms with E-state index in [1.54, 1.807) is 20.3 Å². The van der Waals surface area contributed by atoms with E-state index in [1.807, 2.05) is 24.3 Å². The van der Waals surface area contributed by atoms with Crippen molar-refractivity contribution in [3.8, 4) is 17.0 Å². The Morgan fingerprint density at radius 2 is 2.05 bits per heavy atom. The Kier molecular flexibility index (Phi) is 5.08. The van der Waals surface area contributed by atoms with Gasteiger partial charge in [-0.25, -0.2) is 4.68 Å². The van der Waals surface area contributed by atoms with Crippen LogP contribution in [-0.2, 0) is 17.8 Å². The second kappa shape index (κ2) is 7.01. The molecule has 2 N–H and O–H groups in total. The topological polar surface area (TPSA) is 79.4 Å². The average molecular weight is 289 g/mol. The van der Waals surface area contributed by atoms with Gasteiger partial charge in [-0.2, -0.15) is 5.10 Å². The first-order valence-corrected chi connectivity index (χ1v) is 6.64. The first-order chi connectivity index (χ1) is 10.2. The summed E-state index contributed by atoms with van der Waals surface area (Å²) in [4.78, 5) is 12.2. The lowest BCUT2D eigenvalue weighted by atomic mass is 10.1. The number of para-hydroxylation sites is 1. The van der Waals surface area contributed by atoms with Crippen molar-refractivity contribution in [2.75, 3.05) is 20.8 Å². The molecule has 112 valence electrons. The van der Waals surface area contributed by atoms with Crippen LogP contribution < -0.4 is 16.0 Å². The fourth-order valence-corrected chi connectivity index (χ4v) is 2.06. The van der Waals surface area contributed by atoms with E-state index in [2.05, 4.69) is 5.10 Å². The van der Waals surface area contributed by atoms with Crippen molar-refractivity contribution in [1.82, 2.24) is 9.78 Å². The van der Waals surface area contributed by atoms with Crippen LogP contribution in [0.4, 0.5) is 0 Å². The predicted molar refractivity (Wildman–Crippen MR) is 80.3 cm³/mol. The molecule has 0 unspecified atom stereocenters. The quantitative estimate of drug-likeness (QED) is 0.859. The van der Waals surface area contributed by atoms with Gasteiger partial charge in [-0.1, -0.05) is 12.1 Å². The third-order valence-electron chi connectivity index (χ3n) is 3.16. The number of hydrogen-bond donors (Lipinski definition) is 1. The number of rotatable bonds is 6. The highest BCUT2D eigenvalue weighted by Crippen LogP contribution is 2.27. The second-order valence-electron chi connectivity index (χ2n) is 4.48. The molecule has 6 nitrogen and oxygen atoms in total. The molecule has 0 fully saturated rings. The molecule has 0 bridgehead atoms. The molecule has 2 rings (SSSR count). The number of aromatic nitrogens is 2. The van der Waals surface area contributed by atoms with Crippen LogP contribution in [0.1, 0.15) is 5.56 Å². The standard InChI is InChI=1S/C15H19N3O3/c1-20-8-7-18-15(19)11(10-16)9-13(17-18)12-5-3-4-6-14(12)21-2/h3-6,9H,7-8,10,16H2,1-2H3. The van der Waals surface area contributed by atoms with Crippen LogP contribution in [-0.4, -0.2) is 30.6 Å². The third-order valence-corrected chi connectivity index (χ3v) is 3.16. The molecule has 0 radical (unpaired) electrons. The molecule has 1 aromatic heterocycles. The zero-order valence-corrected chi connectivity index (χ0v) is 12.2. The van der Waals surface area contributed by atoms with Crippen LogP contribution in [0, 0.1) is 0 Å². The third kappa shape index (κ3) is 3.29. The monoisotopic (exact) mass is 289 g/mol. The summed E-state index contributed by atoms with van der Waals surface area (Å²) in [5, 5.41) is 4.39. The fraction of sp³-hybridized carbons (Fsp3) is 0.333. The highest BCUT2D eigenvalue weighted by molar-refractivity contribution is 5.67. The van der Waals surface area contributed by atoms with Crippen molar-refractivity contribution in [1.29, 1.82) is 0 Å². The Labute approximate surface area is 123 Å². The molecule has 1 aromatic carbocycles. The van der Waals surface area contributed by atoms with E-state index in [-0.39, 0.29) is 12.1 Å². The fourth-order valence-electron chi connectivity index (χ4n) is 2.06. The van der Waals surface area contributed by atoms with Crippen LogP contribution in [0.3, 0.4) is 0 Å². The molecule has 1 heterocycles. The number of nitrogens with two attached hydrogens (primary N) is 1. The Bertz CT molecular complexity index is 667. The van der Waals surface area contributed by atoms with Gasteiger partial charge in [-0.05, 0) is 18.2 Å². The normalized spacial score (nSPS) is 10.6. The van der Waals surface area contributed by atoms with Gasteiger partial charge in [0, 0.05) is 24.8 Å². The number of benzene rings is 1. The van der Waals surface area contributed by atoms with E-state index in [9.17, 15) is 4.79 Å². The highest BCUT2D eigenvalue weighted by Gasteiger charge is 2.12. The maximum absolute atomic E-state index is 12.2. The van der Waals surface area contributed by atoms with Gasteiger partial charge in [-0.15, -0.1) is 0 Å². The van der Waals surface area contributed by atoms with Crippen molar-refractivity contribution in [2.24, 2.45) is 5.73 Å². The van der Waals surface area contributed by atoms with E-state index < -0.39 is 0 Å². The van der Waals surface area contributed by atoms with Crippen LogP contribution in [0.5, 0.6) is 5.75 Å².